The Morgan fingerprint density at radius 1 is 1.69 bits per heavy atom. The van der Waals surface area contributed by atoms with Gasteiger partial charge in [0.05, 0.1) is 10.9 Å². The van der Waals surface area contributed by atoms with E-state index >= 15 is 0 Å². The van der Waals surface area contributed by atoms with Crippen LogP contribution in [0.4, 0.5) is 0 Å². The van der Waals surface area contributed by atoms with Crippen molar-refractivity contribution >= 4 is 23.1 Å². The summed E-state index contributed by atoms with van der Waals surface area (Å²) in [7, 11) is 3.93. The highest BCUT2D eigenvalue weighted by molar-refractivity contribution is 7.80. The minimum Gasteiger partial charge on any atom is -0.393 e. The van der Waals surface area contributed by atoms with Gasteiger partial charge in [-0.15, -0.1) is 0 Å². The molecule has 92 valence electrons. The number of rotatable bonds is 4. The molecule has 0 saturated carbocycles. The fourth-order valence-electron chi connectivity index (χ4n) is 2.07. The first-order chi connectivity index (χ1) is 7.43. The van der Waals surface area contributed by atoms with E-state index in [2.05, 4.69) is 11.9 Å². The van der Waals surface area contributed by atoms with Crippen molar-refractivity contribution in [2.24, 2.45) is 11.7 Å². The van der Waals surface area contributed by atoms with Crippen LogP contribution in [0.25, 0.3) is 0 Å². The third-order valence-corrected chi connectivity index (χ3v) is 3.68. The molecule has 1 rings (SSSR count). The van der Waals surface area contributed by atoms with E-state index in [9.17, 15) is 4.79 Å². The van der Waals surface area contributed by atoms with Crippen LogP contribution in [-0.4, -0.2) is 53.9 Å². The van der Waals surface area contributed by atoms with E-state index in [0.717, 1.165) is 19.5 Å². The fourth-order valence-corrected chi connectivity index (χ4v) is 2.17. The van der Waals surface area contributed by atoms with Gasteiger partial charge in [0.1, 0.15) is 0 Å². The third kappa shape index (κ3) is 3.15. The van der Waals surface area contributed by atoms with E-state index in [-0.39, 0.29) is 16.8 Å². The molecule has 1 heterocycles. The van der Waals surface area contributed by atoms with Crippen LogP contribution in [0.1, 0.15) is 19.8 Å². The normalized spacial score (nSPS) is 23.1. The van der Waals surface area contributed by atoms with Crippen molar-refractivity contribution in [1.82, 2.24) is 9.80 Å². The van der Waals surface area contributed by atoms with Gasteiger partial charge >= 0.3 is 0 Å². The molecule has 4 nitrogen and oxygen atoms in total. The lowest BCUT2D eigenvalue weighted by Crippen LogP contribution is -2.43. The summed E-state index contributed by atoms with van der Waals surface area (Å²) in [5, 5.41) is 0. The zero-order chi connectivity index (χ0) is 12.3. The molecule has 16 heavy (non-hydrogen) atoms. The molecule has 0 radical (unpaired) electrons. The SMILES string of the molecule is CC(C(=O)N(C)CC1CCCN1C)C(N)=S. The standard InChI is InChI=1S/C11H21N3OS/c1-8(10(12)16)11(15)14(3)7-9-5-4-6-13(9)2/h8-9H,4-7H2,1-3H3,(H2,12,16). The number of carbonyl (C=O) groups is 1. The zero-order valence-electron chi connectivity index (χ0n) is 10.3. The minimum atomic E-state index is -0.355. The molecule has 1 aliphatic heterocycles. The monoisotopic (exact) mass is 243 g/mol. The van der Waals surface area contributed by atoms with E-state index < -0.39 is 0 Å². The van der Waals surface area contributed by atoms with Gasteiger partial charge in [-0.25, -0.2) is 0 Å². The van der Waals surface area contributed by atoms with Crippen molar-refractivity contribution in [1.29, 1.82) is 0 Å². The molecule has 0 bridgehead atoms. The summed E-state index contributed by atoms with van der Waals surface area (Å²) in [6, 6.07) is 0.479. The average molecular weight is 243 g/mol. The largest absolute Gasteiger partial charge is 0.393 e. The van der Waals surface area contributed by atoms with E-state index in [1.165, 1.54) is 6.42 Å². The van der Waals surface area contributed by atoms with Crippen LogP contribution in [0.15, 0.2) is 0 Å². The lowest BCUT2D eigenvalue weighted by Gasteiger charge is -2.27. The van der Waals surface area contributed by atoms with Crippen molar-refractivity contribution in [3.63, 3.8) is 0 Å². The maximum Gasteiger partial charge on any atom is 0.232 e. The number of hydrogen-bond donors (Lipinski definition) is 1. The summed E-state index contributed by atoms with van der Waals surface area (Å²) in [4.78, 5) is 16.2. The summed E-state index contributed by atoms with van der Waals surface area (Å²) >= 11 is 4.84. The number of likely N-dealkylation sites (tertiary alicyclic amines) is 1. The summed E-state index contributed by atoms with van der Waals surface area (Å²) in [5.74, 6) is -0.334. The van der Waals surface area contributed by atoms with Gasteiger partial charge in [-0.2, -0.15) is 0 Å². The molecule has 0 aliphatic carbocycles. The number of carbonyl (C=O) groups excluding carboxylic acids is 1. The molecule has 2 unspecified atom stereocenters. The molecular weight excluding hydrogens is 222 g/mol. The first kappa shape index (κ1) is 13.4. The predicted octanol–water partition coefficient (Wildman–Crippen LogP) is 0.461. The van der Waals surface area contributed by atoms with Crippen LogP contribution in [0.5, 0.6) is 0 Å². The van der Waals surface area contributed by atoms with Crippen LogP contribution >= 0.6 is 12.2 Å². The molecule has 0 aromatic carbocycles. The lowest BCUT2D eigenvalue weighted by atomic mass is 10.1. The number of nitrogens with two attached hydrogens (primary N) is 1. The molecule has 5 heteroatoms. The van der Waals surface area contributed by atoms with Gasteiger partial charge in [-0.3, -0.25) is 4.79 Å². The molecule has 1 saturated heterocycles. The molecule has 2 N–H and O–H groups in total. The molecule has 0 spiro atoms. The lowest BCUT2D eigenvalue weighted by molar-refractivity contribution is -0.132. The molecule has 0 aromatic rings. The second-order valence-corrected chi connectivity index (χ2v) is 5.09. The number of hydrogen-bond acceptors (Lipinski definition) is 3. The van der Waals surface area contributed by atoms with Crippen molar-refractivity contribution in [3.05, 3.63) is 0 Å². The molecule has 1 amide bonds. The minimum absolute atomic E-state index is 0.0211. The van der Waals surface area contributed by atoms with Gasteiger partial charge in [0, 0.05) is 19.6 Å². The van der Waals surface area contributed by atoms with Crippen LogP contribution in [0.2, 0.25) is 0 Å². The Morgan fingerprint density at radius 2 is 2.31 bits per heavy atom. The quantitative estimate of drug-likeness (QED) is 0.729. The summed E-state index contributed by atoms with van der Waals surface area (Å²) in [6.07, 6.45) is 2.38. The number of likely N-dealkylation sites (N-methyl/N-ethyl adjacent to an activating group) is 2. The van der Waals surface area contributed by atoms with Crippen LogP contribution in [-0.2, 0) is 4.79 Å². The van der Waals surface area contributed by atoms with E-state index in [1.807, 2.05) is 7.05 Å². The number of thiocarbonyl (C=S) groups is 1. The van der Waals surface area contributed by atoms with Crippen molar-refractivity contribution in [2.75, 3.05) is 27.2 Å². The summed E-state index contributed by atoms with van der Waals surface area (Å²) in [5.41, 5.74) is 5.48. The van der Waals surface area contributed by atoms with Gasteiger partial charge in [0.2, 0.25) is 5.91 Å². The topological polar surface area (TPSA) is 49.6 Å². The number of amides is 1. The summed E-state index contributed by atoms with van der Waals surface area (Å²) < 4.78 is 0. The second-order valence-electron chi connectivity index (χ2n) is 4.62. The second kappa shape index (κ2) is 5.59. The van der Waals surface area contributed by atoms with Gasteiger partial charge < -0.3 is 15.5 Å². The summed E-state index contributed by atoms with van der Waals surface area (Å²) in [6.45, 7) is 3.65. The Balaban J connectivity index is 2.48. The maximum absolute atomic E-state index is 11.9. The molecule has 0 aromatic heterocycles. The highest BCUT2D eigenvalue weighted by Crippen LogP contribution is 2.16. The van der Waals surface area contributed by atoms with Gasteiger partial charge in [-0.1, -0.05) is 12.2 Å². The Hall–Kier alpha value is -0.680. The van der Waals surface area contributed by atoms with Crippen LogP contribution in [0, 0.1) is 5.92 Å². The van der Waals surface area contributed by atoms with E-state index in [4.69, 9.17) is 18.0 Å². The first-order valence-electron chi connectivity index (χ1n) is 5.68. The average Bonchev–Trinajstić information content (AvgIpc) is 2.62. The molecule has 1 aliphatic rings. The molecule has 2 atom stereocenters. The smallest absolute Gasteiger partial charge is 0.232 e. The third-order valence-electron chi connectivity index (χ3n) is 3.33. The van der Waals surface area contributed by atoms with Gasteiger partial charge in [0.25, 0.3) is 0 Å². The van der Waals surface area contributed by atoms with Gasteiger partial charge in [0.15, 0.2) is 0 Å². The van der Waals surface area contributed by atoms with Crippen LogP contribution < -0.4 is 5.73 Å². The maximum atomic E-state index is 11.9. The fraction of sp³-hybridized carbons (Fsp3) is 0.818. The zero-order valence-corrected chi connectivity index (χ0v) is 11.1. The van der Waals surface area contributed by atoms with Crippen LogP contribution in [0.3, 0.4) is 0 Å². The van der Waals surface area contributed by atoms with Gasteiger partial charge in [-0.05, 0) is 33.4 Å². The highest BCUT2D eigenvalue weighted by atomic mass is 32.1. The predicted molar refractivity (Wildman–Crippen MR) is 69.2 cm³/mol. The Morgan fingerprint density at radius 3 is 2.75 bits per heavy atom. The van der Waals surface area contributed by atoms with Crippen molar-refractivity contribution in [2.45, 2.75) is 25.8 Å². The Bertz CT molecular complexity index is 282. The first-order valence-corrected chi connectivity index (χ1v) is 6.09. The van der Waals surface area contributed by atoms with E-state index in [1.54, 1.807) is 11.8 Å². The van der Waals surface area contributed by atoms with Crippen molar-refractivity contribution < 1.29 is 4.79 Å². The molecular formula is C11H21N3OS. The highest BCUT2D eigenvalue weighted by Gasteiger charge is 2.26. The Labute approximate surface area is 103 Å². The molecule has 1 fully saturated rings. The van der Waals surface area contributed by atoms with E-state index in [0.29, 0.717) is 6.04 Å². The van der Waals surface area contributed by atoms with Crippen molar-refractivity contribution in [3.8, 4) is 0 Å². The Kier molecular flexibility index (Phi) is 4.68. The number of nitrogens with zero attached hydrogens (tertiary/aromatic N) is 2.